The Balaban J connectivity index is 2.35. The van der Waals surface area contributed by atoms with E-state index in [1.54, 1.807) is 18.7 Å². The number of morpholine rings is 1. The number of ether oxygens (including phenoxy) is 1. The van der Waals surface area contributed by atoms with Crippen LogP contribution in [0.15, 0.2) is 0 Å². The van der Waals surface area contributed by atoms with Gasteiger partial charge in [-0.3, -0.25) is 4.79 Å². The minimum Gasteiger partial charge on any atom is -0.388 e. The number of thioether (sulfide) groups is 1. The molecule has 1 saturated heterocycles. The van der Waals surface area contributed by atoms with Crippen molar-refractivity contribution in [2.45, 2.75) is 25.5 Å². The van der Waals surface area contributed by atoms with Crippen LogP contribution >= 0.6 is 11.8 Å². The Hall–Kier alpha value is -0.300. The molecule has 0 aromatic heterocycles. The van der Waals surface area contributed by atoms with Crippen molar-refractivity contribution in [2.75, 3.05) is 44.9 Å². The van der Waals surface area contributed by atoms with Gasteiger partial charge in [-0.15, -0.1) is 0 Å². The highest BCUT2D eigenvalue weighted by Gasteiger charge is 2.25. The lowest BCUT2D eigenvalue weighted by Crippen LogP contribution is -2.52. The van der Waals surface area contributed by atoms with Gasteiger partial charge in [-0.1, -0.05) is 0 Å². The van der Waals surface area contributed by atoms with E-state index in [0.29, 0.717) is 38.6 Å². The van der Waals surface area contributed by atoms with Gasteiger partial charge in [0.15, 0.2) is 0 Å². The maximum absolute atomic E-state index is 12.1. The second-order valence-corrected chi connectivity index (χ2v) is 5.84. The number of nitrogens with one attached hydrogen (secondary N) is 1. The Bertz CT molecular complexity index is 268. The molecular weight excluding hydrogens is 252 g/mol. The van der Waals surface area contributed by atoms with E-state index in [0.717, 1.165) is 0 Å². The zero-order valence-electron chi connectivity index (χ0n) is 11.4. The Morgan fingerprint density at radius 2 is 2.17 bits per heavy atom. The van der Waals surface area contributed by atoms with Crippen molar-refractivity contribution in [1.82, 2.24) is 10.2 Å². The molecule has 0 radical (unpaired) electrons. The summed E-state index contributed by atoms with van der Waals surface area (Å²) in [6.07, 6.45) is 1.96. The molecule has 2 atom stereocenters. The van der Waals surface area contributed by atoms with Gasteiger partial charge in [0.05, 0.1) is 24.9 Å². The van der Waals surface area contributed by atoms with Crippen molar-refractivity contribution in [3.63, 3.8) is 0 Å². The lowest BCUT2D eigenvalue weighted by Gasteiger charge is -2.31. The number of rotatable bonds is 6. The van der Waals surface area contributed by atoms with Gasteiger partial charge in [0.25, 0.3) is 0 Å². The van der Waals surface area contributed by atoms with Crippen LogP contribution in [0.2, 0.25) is 0 Å². The summed E-state index contributed by atoms with van der Waals surface area (Å²) >= 11 is 1.59. The zero-order chi connectivity index (χ0) is 13.6. The molecule has 2 unspecified atom stereocenters. The molecule has 1 amide bonds. The highest BCUT2D eigenvalue weighted by Crippen LogP contribution is 2.09. The van der Waals surface area contributed by atoms with Crippen molar-refractivity contribution in [1.29, 1.82) is 0 Å². The van der Waals surface area contributed by atoms with Gasteiger partial charge in [-0.05, 0) is 20.1 Å². The molecule has 5 nitrogen and oxygen atoms in total. The van der Waals surface area contributed by atoms with E-state index in [1.165, 1.54) is 0 Å². The molecule has 6 heteroatoms. The Morgan fingerprint density at radius 3 is 2.72 bits per heavy atom. The summed E-state index contributed by atoms with van der Waals surface area (Å²) in [5.41, 5.74) is -0.779. The molecule has 0 spiro atoms. The molecule has 1 aliphatic heterocycles. The molecule has 0 aromatic carbocycles. The van der Waals surface area contributed by atoms with Crippen LogP contribution in [0.4, 0.5) is 0 Å². The largest absolute Gasteiger partial charge is 0.388 e. The smallest absolute Gasteiger partial charge is 0.239 e. The number of amides is 1. The molecule has 0 aromatic rings. The van der Waals surface area contributed by atoms with E-state index >= 15 is 0 Å². The standard InChI is InChI=1S/C12H24N2O3S/c1-10(13-8-12(2,16)9-18-3)11(15)14-4-6-17-7-5-14/h10,13,16H,4-9H2,1-3H3. The van der Waals surface area contributed by atoms with E-state index in [2.05, 4.69) is 5.32 Å². The van der Waals surface area contributed by atoms with Crippen LogP contribution < -0.4 is 5.32 Å². The third kappa shape index (κ3) is 5.14. The molecule has 1 aliphatic rings. The molecule has 106 valence electrons. The molecule has 0 aliphatic carbocycles. The Labute approximate surface area is 113 Å². The van der Waals surface area contributed by atoms with E-state index in [9.17, 15) is 9.90 Å². The number of carbonyl (C=O) groups is 1. The number of hydrogen-bond donors (Lipinski definition) is 2. The molecular formula is C12H24N2O3S. The van der Waals surface area contributed by atoms with Crippen LogP contribution in [0.25, 0.3) is 0 Å². The Morgan fingerprint density at radius 1 is 1.56 bits per heavy atom. The van der Waals surface area contributed by atoms with Crippen LogP contribution in [0.3, 0.4) is 0 Å². The normalized spacial score (nSPS) is 21.4. The van der Waals surface area contributed by atoms with Crippen LogP contribution in [-0.4, -0.2) is 72.4 Å². The minimum absolute atomic E-state index is 0.0817. The first-order valence-corrected chi connectivity index (χ1v) is 7.67. The second-order valence-electron chi connectivity index (χ2n) is 4.97. The number of carbonyl (C=O) groups excluding carboxylic acids is 1. The summed E-state index contributed by atoms with van der Waals surface area (Å²) < 4.78 is 5.22. The zero-order valence-corrected chi connectivity index (χ0v) is 12.3. The first kappa shape index (κ1) is 15.8. The summed E-state index contributed by atoms with van der Waals surface area (Å²) in [6.45, 7) is 6.59. The van der Waals surface area contributed by atoms with Gasteiger partial charge in [0, 0.05) is 25.4 Å². The SMILES string of the molecule is CSCC(C)(O)CNC(C)C(=O)N1CCOCC1. The minimum atomic E-state index is -0.779. The summed E-state index contributed by atoms with van der Waals surface area (Å²) in [5.74, 6) is 0.733. The van der Waals surface area contributed by atoms with Gasteiger partial charge in [-0.2, -0.15) is 11.8 Å². The van der Waals surface area contributed by atoms with Gasteiger partial charge < -0.3 is 20.1 Å². The fourth-order valence-electron chi connectivity index (χ4n) is 1.88. The topological polar surface area (TPSA) is 61.8 Å². The first-order chi connectivity index (χ1) is 8.46. The van der Waals surface area contributed by atoms with Crippen LogP contribution in [-0.2, 0) is 9.53 Å². The maximum atomic E-state index is 12.1. The maximum Gasteiger partial charge on any atom is 0.239 e. The fourth-order valence-corrected chi connectivity index (χ4v) is 2.60. The molecule has 2 N–H and O–H groups in total. The monoisotopic (exact) mass is 276 g/mol. The summed E-state index contributed by atoms with van der Waals surface area (Å²) in [6, 6.07) is -0.267. The molecule has 0 bridgehead atoms. The predicted molar refractivity (Wildman–Crippen MR) is 73.9 cm³/mol. The molecule has 1 fully saturated rings. The van der Waals surface area contributed by atoms with Gasteiger partial charge in [0.1, 0.15) is 0 Å². The molecule has 18 heavy (non-hydrogen) atoms. The third-order valence-corrected chi connectivity index (χ3v) is 3.85. The van der Waals surface area contributed by atoms with Crippen LogP contribution in [0, 0.1) is 0 Å². The lowest BCUT2D eigenvalue weighted by atomic mass is 10.1. The summed E-state index contributed by atoms with van der Waals surface area (Å²) in [4.78, 5) is 13.9. The lowest BCUT2D eigenvalue weighted by molar-refractivity contribution is -0.137. The predicted octanol–water partition coefficient (Wildman–Crippen LogP) is -0.0627. The van der Waals surface area contributed by atoms with Crippen LogP contribution in [0.1, 0.15) is 13.8 Å². The van der Waals surface area contributed by atoms with E-state index in [4.69, 9.17) is 4.74 Å². The Kier molecular flexibility index (Phi) is 6.42. The fraction of sp³-hybridized carbons (Fsp3) is 0.917. The van der Waals surface area contributed by atoms with Crippen molar-refractivity contribution < 1.29 is 14.6 Å². The number of nitrogens with zero attached hydrogens (tertiary/aromatic N) is 1. The number of aliphatic hydroxyl groups is 1. The van der Waals surface area contributed by atoms with Crippen molar-refractivity contribution >= 4 is 17.7 Å². The van der Waals surface area contributed by atoms with Crippen LogP contribution in [0.5, 0.6) is 0 Å². The highest BCUT2D eigenvalue weighted by atomic mass is 32.2. The van der Waals surface area contributed by atoms with E-state index in [-0.39, 0.29) is 11.9 Å². The third-order valence-electron chi connectivity index (χ3n) is 2.94. The highest BCUT2D eigenvalue weighted by molar-refractivity contribution is 7.98. The van der Waals surface area contributed by atoms with Crippen molar-refractivity contribution in [2.24, 2.45) is 0 Å². The van der Waals surface area contributed by atoms with Gasteiger partial charge in [-0.25, -0.2) is 0 Å². The molecule has 1 rings (SSSR count). The van der Waals surface area contributed by atoms with Gasteiger partial charge >= 0.3 is 0 Å². The van der Waals surface area contributed by atoms with Crippen molar-refractivity contribution in [3.05, 3.63) is 0 Å². The molecule has 0 saturated carbocycles. The first-order valence-electron chi connectivity index (χ1n) is 6.27. The number of hydrogen-bond acceptors (Lipinski definition) is 5. The second kappa shape index (κ2) is 7.33. The van der Waals surface area contributed by atoms with Gasteiger partial charge in [0.2, 0.25) is 5.91 Å². The van der Waals surface area contributed by atoms with E-state index in [1.807, 2.05) is 18.1 Å². The van der Waals surface area contributed by atoms with E-state index < -0.39 is 5.60 Å². The summed E-state index contributed by atoms with van der Waals surface area (Å²) in [5, 5.41) is 13.1. The average molecular weight is 276 g/mol. The average Bonchev–Trinajstić information content (AvgIpc) is 2.36. The quantitative estimate of drug-likeness (QED) is 0.711. The molecule has 1 heterocycles. The summed E-state index contributed by atoms with van der Waals surface area (Å²) in [7, 11) is 0. The van der Waals surface area contributed by atoms with Crippen molar-refractivity contribution in [3.8, 4) is 0 Å².